The first-order chi connectivity index (χ1) is 9.11. The molecule has 100 valence electrons. The average molecular weight is 273 g/mol. The van der Waals surface area contributed by atoms with Gasteiger partial charge in [0.15, 0.2) is 0 Å². The minimum atomic E-state index is 0.390. The van der Waals surface area contributed by atoms with Crippen molar-refractivity contribution in [3.8, 4) is 0 Å². The zero-order valence-electron chi connectivity index (χ0n) is 11.5. The summed E-state index contributed by atoms with van der Waals surface area (Å²) in [5.41, 5.74) is 3.73. The Morgan fingerprint density at radius 1 is 1.37 bits per heavy atom. The van der Waals surface area contributed by atoms with Crippen molar-refractivity contribution in [3.05, 3.63) is 40.7 Å². The number of hydrogen-bond acceptors (Lipinski definition) is 3. The van der Waals surface area contributed by atoms with Gasteiger partial charge in [-0.3, -0.25) is 5.10 Å². The molecule has 0 radical (unpaired) electrons. The molecule has 0 spiro atoms. The number of fused-ring (bicyclic) bond motifs is 1. The predicted octanol–water partition coefficient (Wildman–Crippen LogP) is 4.15. The van der Waals surface area contributed by atoms with Crippen LogP contribution in [0.15, 0.2) is 35.8 Å². The molecule has 0 fully saturated rings. The molecule has 1 aliphatic heterocycles. The summed E-state index contributed by atoms with van der Waals surface area (Å²) in [5.74, 6) is 1.06. The van der Waals surface area contributed by atoms with Crippen LogP contribution in [0.4, 0.5) is 0 Å². The summed E-state index contributed by atoms with van der Waals surface area (Å²) in [6, 6.07) is 2.22. The Bertz CT molecular complexity index is 617. The van der Waals surface area contributed by atoms with Crippen LogP contribution in [-0.4, -0.2) is 10.2 Å². The Labute approximate surface area is 117 Å². The molecular weight excluding hydrogens is 254 g/mol. The van der Waals surface area contributed by atoms with Crippen LogP contribution in [0.25, 0.3) is 10.2 Å². The fraction of sp³-hybridized carbons (Fsp3) is 0.400. The van der Waals surface area contributed by atoms with Crippen molar-refractivity contribution < 1.29 is 0 Å². The van der Waals surface area contributed by atoms with E-state index in [1.54, 1.807) is 0 Å². The average Bonchev–Trinajstić information content (AvgIpc) is 2.86. The van der Waals surface area contributed by atoms with Gasteiger partial charge in [-0.15, -0.1) is 11.3 Å². The molecule has 19 heavy (non-hydrogen) atoms. The summed E-state index contributed by atoms with van der Waals surface area (Å²) in [6.07, 6.45) is 7.65. The van der Waals surface area contributed by atoms with Gasteiger partial charge in [0.05, 0.1) is 16.4 Å². The first-order valence-electron chi connectivity index (χ1n) is 6.71. The van der Waals surface area contributed by atoms with Crippen LogP contribution >= 0.6 is 11.3 Å². The lowest BCUT2D eigenvalue weighted by atomic mass is 9.97. The van der Waals surface area contributed by atoms with Crippen LogP contribution < -0.4 is 5.32 Å². The Morgan fingerprint density at radius 2 is 2.21 bits per heavy atom. The number of nitrogens with one attached hydrogen (secondary N) is 2. The lowest BCUT2D eigenvalue weighted by Gasteiger charge is -2.21. The van der Waals surface area contributed by atoms with Crippen LogP contribution in [0.3, 0.4) is 0 Å². The Morgan fingerprint density at radius 3 is 2.95 bits per heavy atom. The highest BCUT2D eigenvalue weighted by molar-refractivity contribution is 7.19. The summed E-state index contributed by atoms with van der Waals surface area (Å²) in [6.45, 7) is 6.65. The van der Waals surface area contributed by atoms with Gasteiger partial charge < -0.3 is 5.32 Å². The van der Waals surface area contributed by atoms with E-state index in [9.17, 15) is 0 Å². The number of rotatable bonds is 3. The highest BCUT2D eigenvalue weighted by atomic mass is 32.1. The van der Waals surface area contributed by atoms with Gasteiger partial charge in [0.1, 0.15) is 0 Å². The Hall–Kier alpha value is -1.55. The fourth-order valence-electron chi connectivity index (χ4n) is 2.53. The van der Waals surface area contributed by atoms with E-state index in [1.165, 1.54) is 21.0 Å². The van der Waals surface area contributed by atoms with Gasteiger partial charge in [-0.1, -0.05) is 26.0 Å². The monoisotopic (exact) mass is 273 g/mol. The van der Waals surface area contributed by atoms with Crippen LogP contribution in [0.1, 0.15) is 38.0 Å². The zero-order valence-corrected chi connectivity index (χ0v) is 12.3. The molecule has 0 amide bonds. The van der Waals surface area contributed by atoms with Gasteiger partial charge in [0, 0.05) is 22.2 Å². The molecule has 1 unspecified atom stereocenters. The lowest BCUT2D eigenvalue weighted by Crippen LogP contribution is -2.18. The Kier molecular flexibility index (Phi) is 3.19. The SMILES string of the molecule is CC1=CC(c2cc3[nH]ncc3s2)C=C(CC(C)C)N1. The molecule has 0 saturated carbocycles. The molecule has 3 nitrogen and oxygen atoms in total. The Balaban J connectivity index is 1.91. The second kappa shape index (κ2) is 4.85. The molecule has 1 aliphatic rings. The maximum Gasteiger partial charge on any atom is 0.0761 e. The fourth-order valence-corrected chi connectivity index (χ4v) is 3.55. The van der Waals surface area contributed by atoms with E-state index in [2.05, 4.69) is 54.5 Å². The highest BCUT2D eigenvalue weighted by Gasteiger charge is 2.17. The first-order valence-corrected chi connectivity index (χ1v) is 7.52. The number of thiophene rings is 1. The van der Waals surface area contributed by atoms with Gasteiger partial charge in [-0.2, -0.15) is 5.10 Å². The third-order valence-corrected chi connectivity index (χ3v) is 4.44. The molecule has 2 aromatic rings. The number of aromatic amines is 1. The number of aromatic nitrogens is 2. The second-order valence-electron chi connectivity index (χ2n) is 5.59. The topological polar surface area (TPSA) is 40.7 Å². The van der Waals surface area contributed by atoms with E-state index in [0.29, 0.717) is 11.8 Å². The van der Waals surface area contributed by atoms with Crippen molar-refractivity contribution in [2.75, 3.05) is 0 Å². The number of nitrogens with zero attached hydrogens (tertiary/aromatic N) is 1. The van der Waals surface area contributed by atoms with E-state index in [4.69, 9.17) is 0 Å². The van der Waals surface area contributed by atoms with Gasteiger partial charge in [0.2, 0.25) is 0 Å². The maximum atomic E-state index is 4.06. The summed E-state index contributed by atoms with van der Waals surface area (Å²) >= 11 is 1.82. The van der Waals surface area contributed by atoms with E-state index < -0.39 is 0 Å². The molecule has 4 heteroatoms. The standard InChI is InChI=1S/C15H19N3S/c1-9(2)4-12-6-11(5-10(3)17-12)14-7-13-15(19-14)8-16-18-13/h5-9,11,17H,4H2,1-3H3,(H,16,18). The van der Waals surface area contributed by atoms with Crippen molar-refractivity contribution in [1.82, 2.24) is 15.5 Å². The third-order valence-electron chi connectivity index (χ3n) is 3.27. The molecule has 0 aromatic carbocycles. The maximum absolute atomic E-state index is 4.06. The number of H-pyrrole nitrogens is 1. The lowest BCUT2D eigenvalue weighted by molar-refractivity contribution is 0.611. The molecular formula is C15H19N3S. The van der Waals surface area contributed by atoms with Crippen molar-refractivity contribution in [2.24, 2.45) is 5.92 Å². The van der Waals surface area contributed by atoms with Crippen molar-refractivity contribution >= 4 is 21.6 Å². The zero-order chi connectivity index (χ0) is 13.4. The molecule has 0 aliphatic carbocycles. The van der Waals surface area contributed by atoms with Crippen molar-refractivity contribution in [3.63, 3.8) is 0 Å². The van der Waals surface area contributed by atoms with E-state index in [0.717, 1.165) is 11.9 Å². The van der Waals surface area contributed by atoms with Crippen LogP contribution in [0, 0.1) is 5.92 Å². The predicted molar refractivity (Wildman–Crippen MR) is 81.1 cm³/mol. The van der Waals surface area contributed by atoms with Crippen molar-refractivity contribution in [2.45, 2.75) is 33.1 Å². The van der Waals surface area contributed by atoms with Crippen LogP contribution in [0.5, 0.6) is 0 Å². The van der Waals surface area contributed by atoms with Gasteiger partial charge >= 0.3 is 0 Å². The van der Waals surface area contributed by atoms with Crippen LogP contribution in [0.2, 0.25) is 0 Å². The van der Waals surface area contributed by atoms with Gasteiger partial charge in [-0.25, -0.2) is 0 Å². The van der Waals surface area contributed by atoms with E-state index in [-0.39, 0.29) is 0 Å². The second-order valence-corrected chi connectivity index (χ2v) is 6.70. The smallest absolute Gasteiger partial charge is 0.0761 e. The molecule has 1 atom stereocenters. The molecule has 3 rings (SSSR count). The number of hydrogen-bond donors (Lipinski definition) is 2. The minimum Gasteiger partial charge on any atom is -0.363 e. The largest absolute Gasteiger partial charge is 0.363 e. The summed E-state index contributed by atoms with van der Waals surface area (Å²) < 4.78 is 1.23. The summed E-state index contributed by atoms with van der Waals surface area (Å²) in [4.78, 5) is 1.38. The van der Waals surface area contributed by atoms with Gasteiger partial charge in [-0.05, 0) is 25.3 Å². The van der Waals surface area contributed by atoms with E-state index >= 15 is 0 Å². The van der Waals surface area contributed by atoms with Crippen molar-refractivity contribution in [1.29, 1.82) is 0 Å². The number of allylic oxidation sites excluding steroid dienone is 4. The molecule has 0 saturated heterocycles. The highest BCUT2D eigenvalue weighted by Crippen LogP contribution is 2.34. The summed E-state index contributed by atoms with van der Waals surface area (Å²) in [7, 11) is 0. The first kappa shape index (κ1) is 12.5. The minimum absolute atomic E-state index is 0.390. The van der Waals surface area contributed by atoms with Crippen LogP contribution in [-0.2, 0) is 0 Å². The molecule has 2 N–H and O–H groups in total. The quantitative estimate of drug-likeness (QED) is 0.882. The molecule has 0 bridgehead atoms. The molecule has 2 aromatic heterocycles. The third kappa shape index (κ3) is 2.59. The van der Waals surface area contributed by atoms with E-state index in [1.807, 2.05) is 17.5 Å². The number of dihydropyridines is 1. The van der Waals surface area contributed by atoms with Gasteiger partial charge in [0.25, 0.3) is 0 Å². The summed E-state index contributed by atoms with van der Waals surface area (Å²) in [5, 5.41) is 10.6. The molecule has 3 heterocycles. The normalized spacial score (nSPS) is 19.5.